The first kappa shape index (κ1) is 10.3. The molecule has 1 heterocycles. The van der Waals surface area contributed by atoms with E-state index in [1.54, 1.807) is 0 Å². The minimum atomic E-state index is -1.41. The molecule has 7 nitrogen and oxygen atoms in total. The summed E-state index contributed by atoms with van der Waals surface area (Å²) in [6, 6.07) is 0. The maximum Gasteiger partial charge on any atom is 0.377 e. The second-order valence-electron chi connectivity index (χ2n) is 2.56. The third kappa shape index (κ3) is 1.77. The fourth-order valence-electron chi connectivity index (χ4n) is 0.952. The number of aliphatic hydroxyl groups excluding tert-OH is 3. The van der Waals surface area contributed by atoms with Crippen molar-refractivity contribution in [3.63, 3.8) is 0 Å². The number of cyclic esters (lactones) is 1. The molecule has 0 bridgehead atoms. The van der Waals surface area contributed by atoms with Gasteiger partial charge in [0, 0.05) is 0 Å². The Balaban J connectivity index is 2.63. The molecule has 14 heavy (non-hydrogen) atoms. The Morgan fingerprint density at radius 1 is 1.57 bits per heavy atom. The van der Waals surface area contributed by atoms with Crippen molar-refractivity contribution >= 4 is 12.4 Å². The van der Waals surface area contributed by atoms with Crippen molar-refractivity contribution in [1.29, 1.82) is 0 Å². The van der Waals surface area contributed by atoms with E-state index in [2.05, 4.69) is 9.47 Å². The molecule has 0 aliphatic carbocycles. The van der Waals surface area contributed by atoms with E-state index in [-0.39, 0.29) is 6.47 Å². The van der Waals surface area contributed by atoms with Gasteiger partial charge in [0.1, 0.15) is 12.7 Å². The highest BCUT2D eigenvalue weighted by molar-refractivity contribution is 5.89. The van der Waals surface area contributed by atoms with Crippen molar-refractivity contribution in [1.82, 2.24) is 0 Å². The number of hydrogen-bond donors (Lipinski definition) is 3. The highest BCUT2D eigenvalue weighted by Crippen LogP contribution is 2.21. The molecule has 7 heteroatoms. The Labute approximate surface area is 78.2 Å². The van der Waals surface area contributed by atoms with Gasteiger partial charge in [-0.1, -0.05) is 0 Å². The molecule has 0 saturated heterocycles. The molecular formula is C7H8O7. The fraction of sp³-hybridized carbons (Fsp3) is 0.429. The molecule has 0 fully saturated rings. The minimum absolute atomic E-state index is 0.0978. The van der Waals surface area contributed by atoms with E-state index in [4.69, 9.17) is 10.2 Å². The molecule has 1 aliphatic heterocycles. The second kappa shape index (κ2) is 3.97. The summed E-state index contributed by atoms with van der Waals surface area (Å²) < 4.78 is 8.58. The summed E-state index contributed by atoms with van der Waals surface area (Å²) >= 11 is 0. The van der Waals surface area contributed by atoms with Crippen molar-refractivity contribution in [2.24, 2.45) is 0 Å². The van der Waals surface area contributed by atoms with Gasteiger partial charge in [0.05, 0.1) is 0 Å². The molecule has 1 aliphatic rings. The molecule has 78 valence electrons. The number of rotatable bonds is 4. The van der Waals surface area contributed by atoms with Gasteiger partial charge in [0.25, 0.3) is 6.47 Å². The molecule has 0 aromatic carbocycles. The van der Waals surface area contributed by atoms with E-state index in [0.717, 1.165) is 0 Å². The zero-order valence-corrected chi connectivity index (χ0v) is 6.91. The molecule has 0 spiro atoms. The molecule has 0 saturated carbocycles. The van der Waals surface area contributed by atoms with E-state index in [1.165, 1.54) is 0 Å². The van der Waals surface area contributed by atoms with Gasteiger partial charge in [-0.3, -0.25) is 4.79 Å². The average Bonchev–Trinajstić information content (AvgIpc) is 2.42. The first-order valence-electron chi connectivity index (χ1n) is 3.64. The predicted molar refractivity (Wildman–Crippen MR) is 40.2 cm³/mol. The number of esters is 1. The molecule has 0 unspecified atom stereocenters. The molecule has 0 radical (unpaired) electrons. The first-order valence-corrected chi connectivity index (χ1v) is 3.64. The second-order valence-corrected chi connectivity index (χ2v) is 2.56. The quantitative estimate of drug-likeness (QED) is 0.388. The lowest BCUT2D eigenvalue weighted by Crippen LogP contribution is -2.32. The van der Waals surface area contributed by atoms with Crippen molar-refractivity contribution < 1.29 is 34.4 Å². The number of carbonyl (C=O) groups is 2. The Kier molecular flexibility index (Phi) is 2.92. The first-order chi connectivity index (χ1) is 6.57. The molecule has 2 atom stereocenters. The lowest BCUT2D eigenvalue weighted by molar-refractivity contribution is -0.149. The predicted octanol–water partition coefficient (Wildman–Crippen LogP) is -1.23. The zero-order valence-electron chi connectivity index (χ0n) is 6.91. The Bertz CT molecular complexity index is 282. The largest absolute Gasteiger partial charge is 0.505 e. The van der Waals surface area contributed by atoms with Crippen LogP contribution < -0.4 is 0 Å². The minimum Gasteiger partial charge on any atom is -0.505 e. The number of ether oxygens (including phenoxy) is 2. The van der Waals surface area contributed by atoms with E-state index >= 15 is 0 Å². The van der Waals surface area contributed by atoms with E-state index in [9.17, 15) is 14.7 Å². The van der Waals surface area contributed by atoms with Crippen LogP contribution in [-0.4, -0.2) is 46.6 Å². The molecular weight excluding hydrogens is 196 g/mol. The highest BCUT2D eigenvalue weighted by Gasteiger charge is 2.39. The smallest absolute Gasteiger partial charge is 0.377 e. The highest BCUT2D eigenvalue weighted by atomic mass is 16.6. The van der Waals surface area contributed by atoms with Crippen molar-refractivity contribution in [3.8, 4) is 0 Å². The van der Waals surface area contributed by atoms with Gasteiger partial charge in [-0.25, -0.2) is 4.79 Å². The van der Waals surface area contributed by atoms with E-state index in [0.29, 0.717) is 0 Å². The maximum atomic E-state index is 10.7. The third-order valence-corrected chi connectivity index (χ3v) is 1.62. The summed E-state index contributed by atoms with van der Waals surface area (Å²) in [6.07, 6.45) is -2.80. The van der Waals surface area contributed by atoms with Crippen LogP contribution in [0.4, 0.5) is 0 Å². The number of aliphatic hydroxyl groups is 3. The van der Waals surface area contributed by atoms with Gasteiger partial charge in [-0.2, -0.15) is 0 Å². The molecule has 1 rings (SSSR count). The fourth-order valence-corrected chi connectivity index (χ4v) is 0.952. The van der Waals surface area contributed by atoms with Crippen LogP contribution >= 0.6 is 0 Å². The SMILES string of the molecule is O=COC[C@H](O)[C@H]1OC(=O)C(O)=C1O. The standard InChI is InChI=1S/C7H8O7/c8-2-13-1-3(9)6-4(10)5(11)7(12)14-6/h2-3,6,9-11H,1H2/t3-,6+/m0/s1. The van der Waals surface area contributed by atoms with Crippen molar-refractivity contribution in [3.05, 3.63) is 11.5 Å². The van der Waals surface area contributed by atoms with Crippen molar-refractivity contribution in [2.75, 3.05) is 6.61 Å². The lowest BCUT2D eigenvalue weighted by atomic mass is 10.2. The molecule has 0 aromatic rings. The van der Waals surface area contributed by atoms with Crippen molar-refractivity contribution in [2.45, 2.75) is 12.2 Å². The Morgan fingerprint density at radius 2 is 2.21 bits per heavy atom. The summed E-state index contributed by atoms with van der Waals surface area (Å²) in [5, 5.41) is 27.1. The van der Waals surface area contributed by atoms with Crippen LogP contribution in [-0.2, 0) is 19.1 Å². The summed E-state index contributed by atoms with van der Waals surface area (Å²) in [4.78, 5) is 20.4. The van der Waals surface area contributed by atoms with E-state index in [1.807, 2.05) is 0 Å². The van der Waals surface area contributed by atoms with Gasteiger partial charge in [0.15, 0.2) is 11.9 Å². The van der Waals surface area contributed by atoms with Crippen LogP contribution in [0.1, 0.15) is 0 Å². The van der Waals surface area contributed by atoms with Gasteiger partial charge < -0.3 is 24.8 Å². The number of hydrogen-bond acceptors (Lipinski definition) is 7. The Morgan fingerprint density at radius 3 is 2.64 bits per heavy atom. The van der Waals surface area contributed by atoms with Gasteiger partial charge in [0.2, 0.25) is 5.76 Å². The van der Waals surface area contributed by atoms with Crippen LogP contribution in [0.3, 0.4) is 0 Å². The van der Waals surface area contributed by atoms with Crippen LogP contribution in [0.5, 0.6) is 0 Å². The van der Waals surface area contributed by atoms with Gasteiger partial charge >= 0.3 is 5.97 Å². The normalized spacial score (nSPS) is 23.2. The molecule has 0 amide bonds. The average molecular weight is 204 g/mol. The summed E-state index contributed by atoms with van der Waals surface area (Å²) in [6.45, 7) is -0.348. The van der Waals surface area contributed by atoms with Gasteiger partial charge in [-0.15, -0.1) is 0 Å². The van der Waals surface area contributed by atoms with Crippen LogP contribution in [0.15, 0.2) is 11.5 Å². The summed E-state index contributed by atoms with van der Waals surface area (Å²) in [5.74, 6) is -2.84. The molecule has 3 N–H and O–H groups in total. The Hall–Kier alpha value is -1.76. The number of carbonyl (C=O) groups excluding carboxylic acids is 2. The maximum absolute atomic E-state index is 10.7. The third-order valence-electron chi connectivity index (χ3n) is 1.62. The monoisotopic (exact) mass is 204 g/mol. The topological polar surface area (TPSA) is 113 Å². The summed E-state index contributed by atoms with van der Waals surface area (Å²) in [5.41, 5.74) is 0. The van der Waals surface area contributed by atoms with Gasteiger partial charge in [-0.05, 0) is 0 Å². The van der Waals surface area contributed by atoms with Crippen LogP contribution in [0.25, 0.3) is 0 Å². The summed E-state index contributed by atoms with van der Waals surface area (Å²) in [7, 11) is 0. The lowest BCUT2D eigenvalue weighted by Gasteiger charge is -2.15. The van der Waals surface area contributed by atoms with Crippen LogP contribution in [0, 0.1) is 0 Å². The zero-order chi connectivity index (χ0) is 10.7. The van der Waals surface area contributed by atoms with Crippen LogP contribution in [0.2, 0.25) is 0 Å². The van der Waals surface area contributed by atoms with E-state index < -0.39 is 36.3 Å². The molecule has 0 aromatic heterocycles.